The number of nitrogens with one attached hydrogen (secondary N) is 1. The molecule has 1 unspecified atom stereocenters. The summed E-state index contributed by atoms with van der Waals surface area (Å²) in [6.07, 6.45) is 3.43. The standard InChI is InChI=1S/C24H19N5S/c1-3-9-18(10-4-1)17-26-29-22(19-11-5-2-6-12-19)27-21-14-8-7-13-20(21)23(29)28-24-25-15-16-30-24/h1-17,23H,(H,25,28)/b26-17+. The van der Waals surface area contributed by atoms with Gasteiger partial charge in [0.05, 0.1) is 11.9 Å². The van der Waals surface area contributed by atoms with E-state index < -0.39 is 0 Å². The van der Waals surface area contributed by atoms with Gasteiger partial charge in [-0.05, 0) is 11.6 Å². The van der Waals surface area contributed by atoms with Crippen LogP contribution in [0, 0.1) is 0 Å². The van der Waals surface area contributed by atoms with Gasteiger partial charge in [-0.15, -0.1) is 11.3 Å². The molecule has 0 aliphatic carbocycles. The smallest absolute Gasteiger partial charge is 0.184 e. The molecule has 1 atom stereocenters. The summed E-state index contributed by atoms with van der Waals surface area (Å²) < 4.78 is 0. The van der Waals surface area contributed by atoms with Crippen LogP contribution in [-0.4, -0.2) is 22.0 Å². The van der Waals surface area contributed by atoms with Gasteiger partial charge >= 0.3 is 0 Å². The fourth-order valence-corrected chi connectivity index (χ4v) is 3.92. The lowest BCUT2D eigenvalue weighted by atomic mass is 10.1. The minimum absolute atomic E-state index is 0.236. The Kier molecular flexibility index (Phi) is 5.06. The highest BCUT2D eigenvalue weighted by atomic mass is 32.1. The van der Waals surface area contributed by atoms with Gasteiger partial charge in [-0.3, -0.25) is 0 Å². The number of rotatable bonds is 5. The average Bonchev–Trinajstić information content (AvgIpc) is 3.32. The third kappa shape index (κ3) is 3.73. The highest BCUT2D eigenvalue weighted by Crippen LogP contribution is 2.37. The van der Waals surface area contributed by atoms with Crippen molar-refractivity contribution in [2.24, 2.45) is 10.1 Å². The van der Waals surface area contributed by atoms with Crippen LogP contribution in [0.1, 0.15) is 22.9 Å². The summed E-state index contributed by atoms with van der Waals surface area (Å²) in [5, 5.41) is 13.1. The van der Waals surface area contributed by atoms with Crippen LogP contribution in [0.3, 0.4) is 0 Å². The molecular formula is C24H19N5S. The first-order valence-corrected chi connectivity index (χ1v) is 10.5. The third-order valence-corrected chi connectivity index (χ3v) is 5.48. The topological polar surface area (TPSA) is 52.9 Å². The van der Waals surface area contributed by atoms with Crippen LogP contribution >= 0.6 is 11.3 Å². The summed E-state index contributed by atoms with van der Waals surface area (Å²) in [7, 11) is 0. The van der Waals surface area contributed by atoms with Crippen molar-refractivity contribution in [2.75, 3.05) is 5.32 Å². The van der Waals surface area contributed by atoms with Crippen LogP contribution < -0.4 is 5.32 Å². The van der Waals surface area contributed by atoms with Crippen LogP contribution in [0.4, 0.5) is 10.8 Å². The lowest BCUT2D eigenvalue weighted by Gasteiger charge is -2.35. The molecule has 146 valence electrons. The van der Waals surface area contributed by atoms with E-state index in [1.54, 1.807) is 17.5 Å². The highest BCUT2D eigenvalue weighted by molar-refractivity contribution is 7.13. The Morgan fingerprint density at radius 2 is 1.63 bits per heavy atom. The van der Waals surface area contributed by atoms with Gasteiger partial charge in [-0.1, -0.05) is 78.9 Å². The van der Waals surface area contributed by atoms with Crippen molar-refractivity contribution in [2.45, 2.75) is 6.17 Å². The zero-order valence-electron chi connectivity index (χ0n) is 16.1. The molecule has 6 heteroatoms. The molecule has 5 rings (SSSR count). The summed E-state index contributed by atoms with van der Waals surface area (Å²) in [6, 6.07) is 28.4. The first kappa shape index (κ1) is 18.3. The fraction of sp³-hybridized carbons (Fsp3) is 0.0417. The van der Waals surface area contributed by atoms with Crippen molar-refractivity contribution in [1.29, 1.82) is 0 Å². The van der Waals surface area contributed by atoms with Gasteiger partial charge in [0.25, 0.3) is 0 Å². The van der Waals surface area contributed by atoms with Gasteiger partial charge in [-0.2, -0.15) is 5.10 Å². The van der Waals surface area contributed by atoms with Gasteiger partial charge in [0.2, 0.25) is 0 Å². The Bertz CT molecular complexity index is 1170. The summed E-state index contributed by atoms with van der Waals surface area (Å²) in [6.45, 7) is 0. The molecular weight excluding hydrogens is 390 g/mol. The fourth-order valence-electron chi connectivity index (χ4n) is 3.36. The number of para-hydroxylation sites is 1. The Balaban J connectivity index is 1.63. The van der Waals surface area contributed by atoms with Crippen LogP contribution in [-0.2, 0) is 0 Å². The number of amidine groups is 1. The summed E-state index contributed by atoms with van der Waals surface area (Å²) >= 11 is 1.56. The maximum Gasteiger partial charge on any atom is 0.184 e. The second-order valence-corrected chi connectivity index (χ2v) is 7.64. The van der Waals surface area contributed by atoms with Crippen molar-refractivity contribution in [1.82, 2.24) is 9.99 Å². The van der Waals surface area contributed by atoms with E-state index in [-0.39, 0.29) is 6.17 Å². The lowest BCUT2D eigenvalue weighted by Crippen LogP contribution is -2.38. The third-order valence-electron chi connectivity index (χ3n) is 4.77. The number of aromatic nitrogens is 1. The molecule has 30 heavy (non-hydrogen) atoms. The Morgan fingerprint density at radius 3 is 2.40 bits per heavy atom. The van der Waals surface area contributed by atoms with E-state index in [9.17, 15) is 0 Å². The van der Waals surface area contributed by atoms with Gasteiger partial charge < -0.3 is 5.32 Å². The van der Waals surface area contributed by atoms with E-state index in [1.165, 1.54) is 0 Å². The Hall–Kier alpha value is -3.77. The van der Waals surface area contributed by atoms with Crippen molar-refractivity contribution < 1.29 is 0 Å². The minimum atomic E-state index is -0.236. The number of benzene rings is 3. The van der Waals surface area contributed by atoms with Gasteiger partial charge in [0.15, 0.2) is 17.1 Å². The number of anilines is 1. The number of thiazole rings is 1. The molecule has 0 bridgehead atoms. The summed E-state index contributed by atoms with van der Waals surface area (Å²) in [5.74, 6) is 0.788. The van der Waals surface area contributed by atoms with Crippen molar-refractivity contribution >= 4 is 34.2 Å². The van der Waals surface area contributed by atoms with Crippen LogP contribution in [0.5, 0.6) is 0 Å². The normalized spacial score (nSPS) is 15.7. The Labute approximate surface area is 179 Å². The van der Waals surface area contributed by atoms with Crippen LogP contribution in [0.2, 0.25) is 0 Å². The molecule has 0 fully saturated rings. The first-order chi connectivity index (χ1) is 14.9. The molecule has 2 heterocycles. The maximum atomic E-state index is 4.96. The van der Waals surface area contributed by atoms with Gasteiger partial charge in [0, 0.05) is 22.7 Å². The largest absolute Gasteiger partial charge is 0.336 e. The molecule has 1 aliphatic rings. The van der Waals surface area contributed by atoms with Crippen LogP contribution in [0.25, 0.3) is 0 Å². The minimum Gasteiger partial charge on any atom is -0.336 e. The predicted octanol–water partition coefficient (Wildman–Crippen LogP) is 5.68. The molecule has 0 saturated heterocycles. The van der Waals surface area contributed by atoms with Crippen molar-refractivity contribution in [3.05, 3.63) is 113 Å². The molecule has 0 amide bonds. The van der Waals surface area contributed by atoms with E-state index in [4.69, 9.17) is 10.1 Å². The number of fused-ring (bicyclic) bond motifs is 1. The van der Waals surface area contributed by atoms with E-state index in [1.807, 2.05) is 83.3 Å². The number of hydrogen-bond acceptors (Lipinski definition) is 6. The molecule has 0 radical (unpaired) electrons. The second-order valence-electron chi connectivity index (χ2n) is 6.74. The van der Waals surface area contributed by atoms with Gasteiger partial charge in [-0.25, -0.2) is 15.0 Å². The maximum absolute atomic E-state index is 4.96. The molecule has 5 nitrogen and oxygen atoms in total. The molecule has 0 spiro atoms. The van der Waals surface area contributed by atoms with E-state index in [2.05, 4.69) is 28.5 Å². The predicted molar refractivity (Wildman–Crippen MR) is 123 cm³/mol. The van der Waals surface area contributed by atoms with E-state index in [0.717, 1.165) is 33.3 Å². The van der Waals surface area contributed by atoms with E-state index >= 15 is 0 Å². The zero-order chi connectivity index (χ0) is 20.2. The van der Waals surface area contributed by atoms with Crippen molar-refractivity contribution in [3.8, 4) is 0 Å². The van der Waals surface area contributed by atoms with Gasteiger partial charge in [0.1, 0.15) is 0 Å². The molecule has 1 N–H and O–H groups in total. The lowest BCUT2D eigenvalue weighted by molar-refractivity contribution is 0.360. The molecule has 1 aliphatic heterocycles. The van der Waals surface area contributed by atoms with E-state index in [0.29, 0.717) is 0 Å². The number of hydrogen-bond donors (Lipinski definition) is 1. The quantitative estimate of drug-likeness (QED) is 0.431. The average molecular weight is 410 g/mol. The summed E-state index contributed by atoms with van der Waals surface area (Å²) in [4.78, 5) is 9.38. The Morgan fingerprint density at radius 1 is 0.900 bits per heavy atom. The number of nitrogens with zero attached hydrogens (tertiary/aromatic N) is 4. The SMILES string of the molecule is C(=N\N1C(c2ccccc2)=Nc2ccccc2C1Nc1nccs1)/c1ccccc1. The van der Waals surface area contributed by atoms with Crippen LogP contribution in [0.15, 0.2) is 107 Å². The second kappa shape index (κ2) is 8.31. The highest BCUT2D eigenvalue weighted by Gasteiger charge is 2.31. The number of aliphatic imine (C=N–C) groups is 1. The molecule has 0 saturated carbocycles. The van der Waals surface area contributed by atoms with Crippen molar-refractivity contribution in [3.63, 3.8) is 0 Å². The molecule has 3 aromatic carbocycles. The molecule has 1 aromatic heterocycles. The number of hydrazone groups is 1. The first-order valence-electron chi connectivity index (χ1n) is 9.66. The zero-order valence-corrected chi connectivity index (χ0v) is 16.9. The monoisotopic (exact) mass is 409 g/mol. The summed E-state index contributed by atoms with van der Waals surface area (Å²) in [5.41, 5.74) is 4.01. The molecule has 4 aromatic rings.